The second-order valence-corrected chi connectivity index (χ2v) is 7.80. The standard InChI is InChI=1S/C20H19N5O4S.O2S/c1-13-11-19(25-23-15-5-3-14(21-2)4-6-15)20(30(27,28)29)12-18(13)24-22-16-7-9-17(26)10-8-16;1-3-2/h3-12,21,26H,1-2H3,(H,27,28,29);/p-2. The van der Waals surface area contributed by atoms with Crippen LogP contribution in [0.1, 0.15) is 5.56 Å². The first-order valence-electron chi connectivity index (χ1n) is 9.08. The second kappa shape index (κ2) is 11.7. The van der Waals surface area contributed by atoms with Crippen molar-refractivity contribution in [3.8, 4) is 5.75 Å². The molecule has 0 aliphatic carbocycles. The normalized spacial score (nSPS) is 11.2. The van der Waals surface area contributed by atoms with Gasteiger partial charge in [0, 0.05) is 12.7 Å². The minimum Gasteiger partial charge on any atom is -0.872 e. The molecule has 11 nitrogen and oxygen atoms in total. The molecular formula is C20H17N5O6S2-2. The molecule has 1 N–H and O–H groups in total. The van der Waals surface area contributed by atoms with Gasteiger partial charge in [0.2, 0.25) is 0 Å². The molecule has 0 radical (unpaired) electrons. The van der Waals surface area contributed by atoms with E-state index in [4.69, 9.17) is 8.42 Å². The highest BCUT2D eigenvalue weighted by atomic mass is 32.2. The molecule has 0 atom stereocenters. The number of nitrogens with zero attached hydrogens (tertiary/aromatic N) is 4. The van der Waals surface area contributed by atoms with Crippen molar-refractivity contribution < 1.29 is 26.5 Å². The summed E-state index contributed by atoms with van der Waals surface area (Å²) in [4.78, 5) is -0.549. The molecule has 0 saturated heterocycles. The molecule has 0 aliphatic rings. The van der Waals surface area contributed by atoms with E-state index < -0.39 is 26.6 Å². The molecule has 0 spiro atoms. The van der Waals surface area contributed by atoms with Crippen LogP contribution in [-0.2, 0) is 21.7 Å². The fraction of sp³-hybridized carbons (Fsp3) is 0.100. The Morgan fingerprint density at radius 3 is 1.79 bits per heavy atom. The van der Waals surface area contributed by atoms with Gasteiger partial charge in [-0.15, -0.1) is 10.9 Å². The van der Waals surface area contributed by atoms with Crippen molar-refractivity contribution >= 4 is 50.1 Å². The van der Waals surface area contributed by atoms with Crippen LogP contribution in [0.15, 0.2) is 86.0 Å². The summed E-state index contributed by atoms with van der Waals surface area (Å²) in [6.07, 6.45) is 0. The average molecular weight is 488 g/mol. The summed E-state index contributed by atoms with van der Waals surface area (Å²) in [6, 6.07) is 15.1. The number of azo groups is 2. The summed E-state index contributed by atoms with van der Waals surface area (Å²) < 4.78 is 51.8. The van der Waals surface area contributed by atoms with Crippen molar-refractivity contribution in [2.24, 2.45) is 20.5 Å². The summed E-state index contributed by atoms with van der Waals surface area (Å²) in [5.74, 6) is -0.167. The predicted molar refractivity (Wildman–Crippen MR) is 118 cm³/mol. The molecule has 3 rings (SSSR count). The van der Waals surface area contributed by atoms with Gasteiger partial charge in [0.15, 0.2) is 0 Å². The van der Waals surface area contributed by atoms with Gasteiger partial charge in [0.1, 0.15) is 15.8 Å². The van der Waals surface area contributed by atoms with Crippen LogP contribution in [0.4, 0.5) is 28.4 Å². The maximum atomic E-state index is 11.8. The highest BCUT2D eigenvalue weighted by Crippen LogP contribution is 2.34. The van der Waals surface area contributed by atoms with E-state index in [9.17, 15) is 18.1 Å². The number of hydrogen-bond acceptors (Lipinski definition) is 11. The fourth-order valence-electron chi connectivity index (χ4n) is 2.48. The van der Waals surface area contributed by atoms with Crippen LogP contribution in [0.3, 0.4) is 0 Å². The molecule has 3 aromatic rings. The molecule has 0 amide bonds. The van der Waals surface area contributed by atoms with E-state index in [1.54, 1.807) is 38.2 Å². The van der Waals surface area contributed by atoms with Crippen LogP contribution < -0.4 is 10.4 Å². The molecule has 0 fully saturated rings. The molecule has 0 unspecified atom stereocenters. The lowest BCUT2D eigenvalue weighted by Gasteiger charge is -2.12. The van der Waals surface area contributed by atoms with E-state index >= 15 is 0 Å². The van der Waals surface area contributed by atoms with Crippen molar-refractivity contribution in [3.05, 3.63) is 66.2 Å². The van der Waals surface area contributed by atoms with E-state index in [2.05, 4.69) is 25.8 Å². The first kappa shape index (κ1) is 25.5. The van der Waals surface area contributed by atoms with Crippen LogP contribution in [0, 0.1) is 6.92 Å². The van der Waals surface area contributed by atoms with E-state index in [0.717, 1.165) is 11.8 Å². The van der Waals surface area contributed by atoms with Crippen molar-refractivity contribution in [1.29, 1.82) is 0 Å². The Morgan fingerprint density at radius 1 is 0.818 bits per heavy atom. The Bertz CT molecular complexity index is 1300. The zero-order valence-corrected chi connectivity index (χ0v) is 19.0. The van der Waals surface area contributed by atoms with Gasteiger partial charge in [-0.3, -0.25) is 0 Å². The smallest absolute Gasteiger partial charge is 0.335 e. The lowest BCUT2D eigenvalue weighted by atomic mass is 10.2. The SMILES string of the molecule is CNc1ccc(N=Nc2cc(C)c(N=Nc3ccc([O-])cc3)cc2S(=O)(=O)[O-])cc1.O=S=O. The Hall–Kier alpha value is -3.81. The minimum atomic E-state index is -4.83. The highest BCUT2D eigenvalue weighted by molar-refractivity contribution is 7.86. The van der Waals surface area contributed by atoms with Gasteiger partial charge in [0.05, 0.1) is 22.0 Å². The lowest BCUT2D eigenvalue weighted by molar-refractivity contribution is -0.268. The van der Waals surface area contributed by atoms with E-state index in [1.807, 2.05) is 0 Å². The molecule has 0 aliphatic heterocycles. The largest absolute Gasteiger partial charge is 0.872 e. The Labute approximate surface area is 193 Å². The first-order valence-corrected chi connectivity index (χ1v) is 11.2. The third-order valence-corrected chi connectivity index (χ3v) is 4.95. The van der Waals surface area contributed by atoms with Gasteiger partial charge in [-0.05, 0) is 61.0 Å². The number of aryl methyl sites for hydroxylation is 1. The number of anilines is 1. The van der Waals surface area contributed by atoms with Crippen LogP contribution >= 0.6 is 0 Å². The quantitative estimate of drug-likeness (QED) is 0.400. The Balaban J connectivity index is 0.00000122. The predicted octanol–water partition coefficient (Wildman–Crippen LogP) is 4.18. The van der Waals surface area contributed by atoms with Crippen molar-refractivity contribution in [2.75, 3.05) is 12.4 Å². The maximum absolute atomic E-state index is 11.8. The Morgan fingerprint density at radius 2 is 1.30 bits per heavy atom. The lowest BCUT2D eigenvalue weighted by Crippen LogP contribution is -1.99. The second-order valence-electron chi connectivity index (χ2n) is 6.32. The van der Waals surface area contributed by atoms with Gasteiger partial charge >= 0.3 is 11.6 Å². The number of hydrogen-bond donors (Lipinski definition) is 1. The molecule has 0 aromatic heterocycles. The van der Waals surface area contributed by atoms with Crippen LogP contribution in [0.2, 0.25) is 0 Å². The van der Waals surface area contributed by atoms with Crippen LogP contribution in [-0.4, -0.2) is 28.4 Å². The topological polar surface area (TPSA) is 176 Å². The minimum absolute atomic E-state index is 0.0881. The van der Waals surface area contributed by atoms with Crippen molar-refractivity contribution in [2.45, 2.75) is 11.8 Å². The number of nitrogens with one attached hydrogen (secondary N) is 1. The zero-order chi connectivity index (χ0) is 24.4. The van der Waals surface area contributed by atoms with Crippen molar-refractivity contribution in [1.82, 2.24) is 0 Å². The van der Waals surface area contributed by atoms with Gasteiger partial charge in [0.25, 0.3) is 0 Å². The molecule has 3 aromatic carbocycles. The molecular weight excluding hydrogens is 470 g/mol. The van der Waals surface area contributed by atoms with Gasteiger partial charge in [-0.25, -0.2) is 8.42 Å². The highest BCUT2D eigenvalue weighted by Gasteiger charge is 2.13. The van der Waals surface area contributed by atoms with Crippen LogP contribution in [0.25, 0.3) is 0 Å². The third kappa shape index (κ3) is 7.68. The average Bonchev–Trinajstić information content (AvgIpc) is 2.78. The fourth-order valence-corrected chi connectivity index (χ4v) is 3.09. The molecule has 0 saturated carbocycles. The van der Waals surface area contributed by atoms with Gasteiger partial charge in [-0.1, -0.05) is 12.1 Å². The van der Waals surface area contributed by atoms with Crippen molar-refractivity contribution in [3.63, 3.8) is 0 Å². The maximum Gasteiger partial charge on any atom is 0.335 e. The van der Waals surface area contributed by atoms with E-state index in [0.29, 0.717) is 16.9 Å². The summed E-state index contributed by atoms with van der Waals surface area (Å²) in [5.41, 5.74) is 2.43. The van der Waals surface area contributed by atoms with Crippen LogP contribution in [0.5, 0.6) is 5.75 Å². The summed E-state index contributed by atoms with van der Waals surface area (Å²) in [7, 11) is -3.05. The molecule has 33 heavy (non-hydrogen) atoms. The summed E-state index contributed by atoms with van der Waals surface area (Å²) in [5, 5.41) is 30.0. The summed E-state index contributed by atoms with van der Waals surface area (Å²) >= 11 is -0.750. The number of rotatable bonds is 6. The molecule has 0 bridgehead atoms. The summed E-state index contributed by atoms with van der Waals surface area (Å²) in [6.45, 7) is 1.68. The van der Waals surface area contributed by atoms with Gasteiger partial charge < -0.3 is 15.0 Å². The molecule has 0 heterocycles. The third-order valence-electron chi connectivity index (χ3n) is 4.09. The first-order chi connectivity index (χ1) is 15.7. The van der Waals surface area contributed by atoms with E-state index in [1.165, 1.54) is 30.3 Å². The monoisotopic (exact) mass is 487 g/mol. The van der Waals surface area contributed by atoms with Gasteiger partial charge in [-0.2, -0.15) is 23.8 Å². The van der Waals surface area contributed by atoms with E-state index in [-0.39, 0.29) is 17.1 Å². The molecule has 13 heteroatoms. The Kier molecular flexibility index (Phi) is 9.03. The number of benzene rings is 3. The molecule has 172 valence electrons. The zero-order valence-electron chi connectivity index (χ0n) is 17.3.